The molecule has 1 saturated heterocycles. The van der Waals surface area contributed by atoms with Crippen LogP contribution >= 0.6 is 0 Å². The summed E-state index contributed by atoms with van der Waals surface area (Å²) < 4.78 is 25.8. The van der Waals surface area contributed by atoms with Crippen molar-refractivity contribution in [3.63, 3.8) is 0 Å². The molecule has 27 heavy (non-hydrogen) atoms. The van der Waals surface area contributed by atoms with Gasteiger partial charge in [0.25, 0.3) is 0 Å². The molecule has 1 aromatic carbocycles. The highest BCUT2D eigenvalue weighted by Crippen LogP contribution is 2.25. The SMILES string of the molecule is CCS(=O)(=O)N1CCN(c2nc(C)nc(C)c2Cc2ccc(C)cc2)CC1. The van der Waals surface area contributed by atoms with E-state index in [4.69, 9.17) is 4.98 Å². The normalized spacial score (nSPS) is 15.9. The zero-order valence-electron chi connectivity index (χ0n) is 16.6. The van der Waals surface area contributed by atoms with Gasteiger partial charge in [-0.15, -0.1) is 0 Å². The molecular weight excluding hydrogens is 360 g/mol. The second kappa shape index (κ2) is 7.94. The summed E-state index contributed by atoms with van der Waals surface area (Å²) in [5, 5.41) is 0. The molecule has 7 heteroatoms. The Morgan fingerprint density at radius 2 is 1.59 bits per heavy atom. The summed E-state index contributed by atoms with van der Waals surface area (Å²) in [5.74, 6) is 1.84. The zero-order chi connectivity index (χ0) is 19.6. The highest BCUT2D eigenvalue weighted by molar-refractivity contribution is 7.89. The van der Waals surface area contributed by atoms with Gasteiger partial charge in [-0.25, -0.2) is 18.4 Å². The minimum atomic E-state index is -3.13. The molecule has 2 aromatic rings. The molecule has 3 rings (SSSR count). The molecule has 0 N–H and O–H groups in total. The summed E-state index contributed by atoms with van der Waals surface area (Å²) in [6, 6.07) is 8.52. The number of sulfonamides is 1. The van der Waals surface area contributed by atoms with Gasteiger partial charge in [0, 0.05) is 43.9 Å². The van der Waals surface area contributed by atoms with Crippen LogP contribution in [0.1, 0.15) is 35.1 Å². The molecule has 0 radical (unpaired) electrons. The molecule has 1 aliphatic rings. The Bertz CT molecular complexity index is 902. The molecule has 1 aliphatic heterocycles. The van der Waals surface area contributed by atoms with Crippen molar-refractivity contribution in [1.29, 1.82) is 0 Å². The standard InChI is InChI=1S/C20H28N4O2S/c1-5-27(25,26)24-12-10-23(11-13-24)20-19(16(3)21-17(4)22-20)14-18-8-6-15(2)7-9-18/h6-9H,5,10-14H2,1-4H3. The molecule has 146 valence electrons. The molecule has 0 amide bonds. The van der Waals surface area contributed by atoms with E-state index in [0.717, 1.165) is 29.3 Å². The quantitative estimate of drug-likeness (QED) is 0.787. The van der Waals surface area contributed by atoms with Crippen LogP contribution in [0.4, 0.5) is 5.82 Å². The third-order valence-electron chi connectivity index (χ3n) is 5.10. The van der Waals surface area contributed by atoms with Gasteiger partial charge in [0.05, 0.1) is 5.75 Å². The summed E-state index contributed by atoms with van der Waals surface area (Å²) in [6.07, 6.45) is 0.773. The number of hydrogen-bond donors (Lipinski definition) is 0. The van der Waals surface area contributed by atoms with Crippen molar-refractivity contribution < 1.29 is 8.42 Å². The minimum absolute atomic E-state index is 0.150. The van der Waals surface area contributed by atoms with Crippen molar-refractivity contribution in [3.05, 3.63) is 52.5 Å². The van der Waals surface area contributed by atoms with E-state index < -0.39 is 10.0 Å². The Morgan fingerprint density at radius 3 is 2.19 bits per heavy atom. The van der Waals surface area contributed by atoms with E-state index in [-0.39, 0.29) is 5.75 Å². The maximum Gasteiger partial charge on any atom is 0.213 e. The Labute approximate surface area is 162 Å². The van der Waals surface area contributed by atoms with Crippen LogP contribution in [-0.2, 0) is 16.4 Å². The molecule has 0 spiro atoms. The molecule has 1 aromatic heterocycles. The van der Waals surface area contributed by atoms with E-state index in [1.807, 2.05) is 13.8 Å². The van der Waals surface area contributed by atoms with Gasteiger partial charge in [-0.05, 0) is 33.3 Å². The first kappa shape index (κ1) is 19.8. The van der Waals surface area contributed by atoms with Crippen LogP contribution in [0.3, 0.4) is 0 Å². The van der Waals surface area contributed by atoms with Crippen LogP contribution in [0.25, 0.3) is 0 Å². The first-order valence-electron chi connectivity index (χ1n) is 9.42. The Balaban J connectivity index is 1.86. The highest BCUT2D eigenvalue weighted by Gasteiger charge is 2.27. The van der Waals surface area contributed by atoms with Crippen LogP contribution in [-0.4, -0.2) is 54.6 Å². The molecule has 0 unspecified atom stereocenters. The predicted octanol–water partition coefficient (Wildman–Crippen LogP) is 2.46. The fourth-order valence-electron chi connectivity index (χ4n) is 3.46. The van der Waals surface area contributed by atoms with Gasteiger partial charge in [0.15, 0.2) is 0 Å². The third kappa shape index (κ3) is 4.47. The number of aromatic nitrogens is 2. The predicted molar refractivity (Wildman–Crippen MR) is 109 cm³/mol. The van der Waals surface area contributed by atoms with Crippen LogP contribution in [0.15, 0.2) is 24.3 Å². The number of benzene rings is 1. The van der Waals surface area contributed by atoms with Crippen molar-refractivity contribution in [2.75, 3.05) is 36.8 Å². The van der Waals surface area contributed by atoms with E-state index in [2.05, 4.69) is 41.1 Å². The van der Waals surface area contributed by atoms with Crippen LogP contribution < -0.4 is 4.90 Å². The van der Waals surface area contributed by atoms with E-state index in [0.29, 0.717) is 26.2 Å². The highest BCUT2D eigenvalue weighted by atomic mass is 32.2. The smallest absolute Gasteiger partial charge is 0.213 e. The second-order valence-electron chi connectivity index (χ2n) is 7.11. The number of aryl methyl sites for hydroxylation is 3. The van der Waals surface area contributed by atoms with Gasteiger partial charge in [-0.3, -0.25) is 0 Å². The molecule has 0 atom stereocenters. The second-order valence-corrected chi connectivity index (χ2v) is 9.36. The first-order valence-corrected chi connectivity index (χ1v) is 11.0. The third-order valence-corrected chi connectivity index (χ3v) is 6.98. The fraction of sp³-hybridized carbons (Fsp3) is 0.500. The van der Waals surface area contributed by atoms with Crippen molar-refractivity contribution in [2.24, 2.45) is 0 Å². The van der Waals surface area contributed by atoms with Crippen molar-refractivity contribution in [2.45, 2.75) is 34.1 Å². The molecular formula is C20H28N4O2S. The monoisotopic (exact) mass is 388 g/mol. The molecule has 6 nitrogen and oxygen atoms in total. The van der Waals surface area contributed by atoms with Crippen molar-refractivity contribution in [1.82, 2.24) is 14.3 Å². The van der Waals surface area contributed by atoms with E-state index >= 15 is 0 Å². The average Bonchev–Trinajstić information content (AvgIpc) is 2.65. The Morgan fingerprint density at radius 1 is 0.963 bits per heavy atom. The lowest BCUT2D eigenvalue weighted by Crippen LogP contribution is -2.49. The zero-order valence-corrected chi connectivity index (χ0v) is 17.4. The summed E-state index contributed by atoms with van der Waals surface area (Å²) in [7, 11) is -3.13. The van der Waals surface area contributed by atoms with Gasteiger partial charge >= 0.3 is 0 Å². The molecule has 2 heterocycles. The average molecular weight is 389 g/mol. The van der Waals surface area contributed by atoms with Crippen molar-refractivity contribution >= 4 is 15.8 Å². The lowest BCUT2D eigenvalue weighted by atomic mass is 10.0. The van der Waals surface area contributed by atoms with Crippen LogP contribution in [0.5, 0.6) is 0 Å². The number of piperazine rings is 1. The summed E-state index contributed by atoms with van der Waals surface area (Å²) >= 11 is 0. The number of rotatable bonds is 5. The summed E-state index contributed by atoms with van der Waals surface area (Å²) in [4.78, 5) is 11.5. The fourth-order valence-corrected chi connectivity index (χ4v) is 4.54. The number of anilines is 1. The largest absolute Gasteiger partial charge is 0.354 e. The number of hydrogen-bond acceptors (Lipinski definition) is 5. The molecule has 0 aliphatic carbocycles. The molecule has 1 fully saturated rings. The maximum absolute atomic E-state index is 12.1. The van der Waals surface area contributed by atoms with Gasteiger partial charge in [-0.1, -0.05) is 29.8 Å². The van der Waals surface area contributed by atoms with E-state index in [1.165, 1.54) is 11.1 Å². The van der Waals surface area contributed by atoms with Crippen LogP contribution in [0.2, 0.25) is 0 Å². The van der Waals surface area contributed by atoms with Gasteiger partial charge < -0.3 is 4.90 Å². The minimum Gasteiger partial charge on any atom is -0.354 e. The van der Waals surface area contributed by atoms with Crippen LogP contribution in [0, 0.1) is 20.8 Å². The first-order chi connectivity index (χ1) is 12.8. The van der Waals surface area contributed by atoms with E-state index in [1.54, 1.807) is 11.2 Å². The maximum atomic E-state index is 12.1. The lowest BCUT2D eigenvalue weighted by Gasteiger charge is -2.35. The van der Waals surface area contributed by atoms with Crippen molar-refractivity contribution in [3.8, 4) is 0 Å². The summed E-state index contributed by atoms with van der Waals surface area (Å²) in [5.41, 5.74) is 4.58. The topological polar surface area (TPSA) is 66.4 Å². The Kier molecular flexibility index (Phi) is 5.81. The van der Waals surface area contributed by atoms with Gasteiger partial charge in [0.2, 0.25) is 10.0 Å². The van der Waals surface area contributed by atoms with E-state index in [9.17, 15) is 8.42 Å². The lowest BCUT2D eigenvalue weighted by molar-refractivity contribution is 0.384. The number of nitrogens with zero attached hydrogens (tertiary/aromatic N) is 4. The molecule has 0 saturated carbocycles. The Hall–Kier alpha value is -1.99. The molecule has 0 bridgehead atoms. The van der Waals surface area contributed by atoms with Gasteiger partial charge in [0.1, 0.15) is 11.6 Å². The summed E-state index contributed by atoms with van der Waals surface area (Å²) in [6.45, 7) is 10.0. The van der Waals surface area contributed by atoms with Gasteiger partial charge in [-0.2, -0.15) is 4.31 Å².